The van der Waals surface area contributed by atoms with E-state index in [1.807, 2.05) is 0 Å². The van der Waals surface area contributed by atoms with Crippen LogP contribution in [0.3, 0.4) is 0 Å². The van der Waals surface area contributed by atoms with E-state index in [0.29, 0.717) is 0 Å². The van der Waals surface area contributed by atoms with Crippen molar-refractivity contribution in [1.29, 1.82) is 0 Å². The number of nitrogens with zero attached hydrogens (tertiary/aromatic N) is 2. The molecule has 3 heterocycles. The van der Waals surface area contributed by atoms with E-state index in [-0.39, 0.29) is 23.9 Å². The highest BCUT2D eigenvalue weighted by atomic mass is 35.5. The molecule has 0 radical (unpaired) electrons. The van der Waals surface area contributed by atoms with Gasteiger partial charge in [-0.25, -0.2) is 0 Å². The number of benzene rings is 1. The summed E-state index contributed by atoms with van der Waals surface area (Å²) in [5, 5.41) is 0. The Kier molecular flexibility index (Phi) is 3.76. The number of halogens is 1. The molecular weight excluding hydrogens is 320 g/mol. The number of allylic oxidation sites excluding steroid dienone is 3. The number of para-hydroxylation sites is 1. The molecule has 4 rings (SSSR count). The molecule has 4 heteroatoms. The number of hydrogen-bond acceptors (Lipinski definition) is 3. The second kappa shape index (κ2) is 5.32. The summed E-state index contributed by atoms with van der Waals surface area (Å²) in [4.78, 5) is 4.48. The van der Waals surface area contributed by atoms with Gasteiger partial charge < -0.3 is 14.5 Å². The SMILES string of the molecule is CC1C2=C(C=CN1C)C=CC1(O2)N(C)c2ccccc2C1(C)C.Cl. The normalized spacial score (nSPS) is 29.3. The molecule has 0 amide bonds. The van der Waals surface area contributed by atoms with Gasteiger partial charge in [-0.1, -0.05) is 18.2 Å². The van der Waals surface area contributed by atoms with E-state index in [4.69, 9.17) is 4.74 Å². The number of ether oxygens (including phenoxy) is 1. The number of anilines is 1. The van der Waals surface area contributed by atoms with Crippen molar-refractivity contribution in [2.45, 2.75) is 38.0 Å². The second-order valence-corrected chi connectivity index (χ2v) is 7.31. The smallest absolute Gasteiger partial charge is 0.211 e. The Morgan fingerprint density at radius 3 is 2.50 bits per heavy atom. The zero-order valence-corrected chi connectivity index (χ0v) is 15.7. The number of likely N-dealkylation sites (N-methyl/N-ethyl adjacent to an activating group) is 2. The molecule has 0 saturated carbocycles. The predicted octanol–water partition coefficient (Wildman–Crippen LogP) is 4.22. The minimum absolute atomic E-state index is 0. The molecule has 2 unspecified atom stereocenters. The van der Waals surface area contributed by atoms with E-state index in [1.165, 1.54) is 16.8 Å². The lowest BCUT2D eigenvalue weighted by Crippen LogP contribution is -2.57. The van der Waals surface area contributed by atoms with Crippen LogP contribution in [0.15, 0.2) is 60.0 Å². The van der Waals surface area contributed by atoms with Crippen LogP contribution in [0.4, 0.5) is 5.69 Å². The number of hydrogen-bond donors (Lipinski definition) is 0. The Morgan fingerprint density at radius 2 is 1.79 bits per heavy atom. The molecule has 1 aromatic rings. The molecule has 0 bridgehead atoms. The Bertz CT molecular complexity index is 765. The van der Waals surface area contributed by atoms with Crippen molar-refractivity contribution >= 4 is 18.1 Å². The van der Waals surface area contributed by atoms with E-state index < -0.39 is 5.72 Å². The maximum absolute atomic E-state index is 6.76. The monoisotopic (exact) mass is 344 g/mol. The molecular formula is C20H25ClN2O. The van der Waals surface area contributed by atoms with E-state index >= 15 is 0 Å². The van der Waals surface area contributed by atoms with Crippen molar-refractivity contribution in [3.63, 3.8) is 0 Å². The molecule has 24 heavy (non-hydrogen) atoms. The molecule has 2 atom stereocenters. The van der Waals surface area contributed by atoms with Crippen LogP contribution in [-0.2, 0) is 10.2 Å². The highest BCUT2D eigenvalue weighted by Gasteiger charge is 2.58. The highest BCUT2D eigenvalue weighted by molar-refractivity contribution is 5.85. The third-order valence-electron chi connectivity index (χ3n) is 5.85. The van der Waals surface area contributed by atoms with E-state index in [1.54, 1.807) is 0 Å². The molecule has 0 aromatic heterocycles. The Morgan fingerprint density at radius 1 is 1.08 bits per heavy atom. The summed E-state index contributed by atoms with van der Waals surface area (Å²) in [6.07, 6.45) is 8.71. The van der Waals surface area contributed by atoms with Gasteiger partial charge in [0.05, 0.1) is 11.5 Å². The quantitative estimate of drug-likeness (QED) is 0.700. The lowest BCUT2D eigenvalue weighted by molar-refractivity contribution is -0.0214. The third-order valence-corrected chi connectivity index (χ3v) is 5.85. The summed E-state index contributed by atoms with van der Waals surface area (Å²) in [6.45, 7) is 6.75. The molecule has 1 spiro atoms. The number of fused-ring (bicyclic) bond motifs is 1. The van der Waals surface area contributed by atoms with Crippen molar-refractivity contribution < 1.29 is 4.74 Å². The summed E-state index contributed by atoms with van der Waals surface area (Å²) >= 11 is 0. The van der Waals surface area contributed by atoms with Crippen molar-refractivity contribution in [2.24, 2.45) is 0 Å². The van der Waals surface area contributed by atoms with Crippen LogP contribution >= 0.6 is 12.4 Å². The zero-order chi connectivity index (χ0) is 16.4. The zero-order valence-electron chi connectivity index (χ0n) is 14.9. The summed E-state index contributed by atoms with van der Waals surface area (Å²) in [7, 11) is 4.23. The summed E-state index contributed by atoms with van der Waals surface area (Å²) in [6, 6.07) is 8.86. The van der Waals surface area contributed by atoms with Crippen LogP contribution in [0, 0.1) is 0 Å². The summed E-state index contributed by atoms with van der Waals surface area (Å²) in [5.74, 6) is 1.06. The third kappa shape index (κ3) is 1.91. The second-order valence-electron chi connectivity index (χ2n) is 7.31. The van der Waals surface area contributed by atoms with E-state index in [9.17, 15) is 0 Å². The molecule has 3 aliphatic heterocycles. The molecule has 0 N–H and O–H groups in total. The molecule has 0 saturated heterocycles. The minimum Gasteiger partial charge on any atom is -0.465 e. The fourth-order valence-electron chi connectivity index (χ4n) is 4.12. The van der Waals surface area contributed by atoms with Crippen molar-refractivity contribution in [3.05, 3.63) is 65.6 Å². The molecule has 3 aliphatic rings. The molecule has 1 aromatic carbocycles. The van der Waals surface area contributed by atoms with Crippen LogP contribution in [0.1, 0.15) is 26.3 Å². The highest BCUT2D eigenvalue weighted by Crippen LogP contribution is 2.54. The van der Waals surface area contributed by atoms with Gasteiger partial charge in [-0.3, -0.25) is 0 Å². The van der Waals surface area contributed by atoms with Gasteiger partial charge >= 0.3 is 0 Å². The largest absolute Gasteiger partial charge is 0.465 e. The van der Waals surface area contributed by atoms with E-state index in [2.05, 4.69) is 93.4 Å². The van der Waals surface area contributed by atoms with Gasteiger partial charge in [-0.05, 0) is 50.6 Å². The fourth-order valence-corrected chi connectivity index (χ4v) is 4.12. The Hall–Kier alpha value is -1.87. The van der Waals surface area contributed by atoms with Gasteiger partial charge in [0.25, 0.3) is 0 Å². The first kappa shape index (κ1) is 17.0. The first-order valence-corrected chi connectivity index (χ1v) is 8.24. The van der Waals surface area contributed by atoms with Crippen LogP contribution in [-0.4, -0.2) is 30.8 Å². The van der Waals surface area contributed by atoms with Gasteiger partial charge in [0.2, 0.25) is 5.72 Å². The van der Waals surface area contributed by atoms with E-state index in [0.717, 1.165) is 5.76 Å². The number of rotatable bonds is 0. The Labute approximate surface area is 150 Å². The lowest BCUT2D eigenvalue weighted by Gasteiger charge is -2.48. The van der Waals surface area contributed by atoms with Crippen molar-refractivity contribution in [2.75, 3.05) is 19.0 Å². The molecule has 0 fully saturated rings. The summed E-state index contributed by atoms with van der Waals surface area (Å²) in [5.41, 5.74) is 3.16. The standard InChI is InChI=1S/C20H24N2O.ClH/c1-14-18-15(11-13-21(14)4)10-12-20(23-18)19(2,3)16-8-6-7-9-17(16)22(20)5;/h6-14H,1-5H3;1H. The first-order chi connectivity index (χ1) is 10.9. The Balaban J connectivity index is 0.00000169. The average Bonchev–Trinajstić information content (AvgIpc) is 2.71. The van der Waals surface area contributed by atoms with Crippen molar-refractivity contribution in [3.8, 4) is 0 Å². The van der Waals surface area contributed by atoms with Gasteiger partial charge in [-0.15, -0.1) is 12.4 Å². The maximum Gasteiger partial charge on any atom is 0.211 e. The molecule has 128 valence electrons. The molecule has 0 aliphatic carbocycles. The first-order valence-electron chi connectivity index (χ1n) is 8.24. The van der Waals surface area contributed by atoms with Crippen LogP contribution < -0.4 is 4.90 Å². The maximum atomic E-state index is 6.76. The van der Waals surface area contributed by atoms with Crippen LogP contribution in [0.25, 0.3) is 0 Å². The van der Waals surface area contributed by atoms with Gasteiger partial charge in [0, 0.05) is 31.6 Å². The van der Waals surface area contributed by atoms with Gasteiger partial charge in [0.15, 0.2) is 0 Å². The fraction of sp³-hybridized carbons (Fsp3) is 0.400. The molecule has 3 nitrogen and oxygen atoms in total. The average molecular weight is 345 g/mol. The topological polar surface area (TPSA) is 15.7 Å². The predicted molar refractivity (Wildman–Crippen MR) is 101 cm³/mol. The minimum atomic E-state index is -0.476. The van der Waals surface area contributed by atoms with Gasteiger partial charge in [-0.2, -0.15) is 0 Å². The van der Waals surface area contributed by atoms with Crippen LogP contribution in [0.2, 0.25) is 0 Å². The lowest BCUT2D eigenvalue weighted by atomic mass is 9.76. The van der Waals surface area contributed by atoms with Crippen molar-refractivity contribution in [1.82, 2.24) is 4.90 Å². The van der Waals surface area contributed by atoms with Crippen LogP contribution in [0.5, 0.6) is 0 Å². The van der Waals surface area contributed by atoms with Gasteiger partial charge in [0.1, 0.15) is 5.76 Å². The summed E-state index contributed by atoms with van der Waals surface area (Å²) < 4.78 is 6.76.